The van der Waals surface area contributed by atoms with Crippen LogP contribution in [-0.2, 0) is 0 Å². The first-order chi connectivity index (χ1) is 9.62. The fourth-order valence-corrected chi connectivity index (χ4v) is 2.41. The molecule has 1 aromatic rings. The summed E-state index contributed by atoms with van der Waals surface area (Å²) in [4.78, 5) is 12.3. The fourth-order valence-electron chi connectivity index (χ4n) is 1.79. The monoisotopic (exact) mass is 345 g/mol. The van der Waals surface area contributed by atoms with E-state index in [0.717, 1.165) is 6.42 Å². The number of benzene rings is 1. The van der Waals surface area contributed by atoms with Crippen LogP contribution in [0.1, 0.15) is 23.7 Å². The molecule has 0 saturated carbocycles. The Morgan fingerprint density at radius 3 is 2.30 bits per heavy atom. The third-order valence-electron chi connectivity index (χ3n) is 2.96. The van der Waals surface area contributed by atoms with Gasteiger partial charge >= 0.3 is 0 Å². The van der Waals surface area contributed by atoms with E-state index in [1.807, 2.05) is 6.92 Å². The number of carbonyl (C=O) groups is 1. The second-order valence-corrected chi connectivity index (χ2v) is 4.76. The van der Waals surface area contributed by atoms with Crippen LogP contribution in [0.2, 0.25) is 0 Å². The van der Waals surface area contributed by atoms with Gasteiger partial charge in [0.15, 0.2) is 11.5 Å². The maximum Gasteiger partial charge on any atom is 0.255 e. The minimum atomic E-state index is -0.200. The Kier molecular flexibility index (Phi) is 6.64. The number of ether oxygens (including phenoxy) is 3. The molecule has 0 aliphatic rings. The van der Waals surface area contributed by atoms with Gasteiger partial charge < -0.3 is 19.5 Å². The molecule has 0 saturated heterocycles. The fraction of sp³-hybridized carbons (Fsp3) is 0.500. The Labute approximate surface area is 127 Å². The Morgan fingerprint density at radius 1 is 1.20 bits per heavy atom. The summed E-state index contributed by atoms with van der Waals surface area (Å²) in [6.45, 7) is 2.01. The summed E-state index contributed by atoms with van der Waals surface area (Å²) in [6, 6.07) is 3.42. The molecular weight excluding hydrogens is 326 g/mol. The van der Waals surface area contributed by atoms with Crippen LogP contribution in [0, 0.1) is 0 Å². The zero-order valence-corrected chi connectivity index (χ0v) is 13.7. The van der Waals surface area contributed by atoms with Crippen LogP contribution < -0.4 is 19.5 Å². The van der Waals surface area contributed by atoms with Crippen LogP contribution >= 0.6 is 15.9 Å². The van der Waals surface area contributed by atoms with E-state index in [9.17, 15) is 4.79 Å². The van der Waals surface area contributed by atoms with Gasteiger partial charge in [0, 0.05) is 11.4 Å². The predicted octanol–water partition coefficient (Wildman–Crippen LogP) is 2.62. The molecule has 1 rings (SSSR count). The third-order valence-corrected chi connectivity index (χ3v) is 3.74. The smallest absolute Gasteiger partial charge is 0.255 e. The van der Waals surface area contributed by atoms with Crippen molar-refractivity contribution in [2.75, 3.05) is 26.7 Å². The molecule has 0 fully saturated rings. The molecule has 20 heavy (non-hydrogen) atoms. The molecule has 1 amide bonds. The second-order valence-electron chi connectivity index (χ2n) is 4.11. The number of carbonyl (C=O) groups excluding carboxylic acids is 1. The van der Waals surface area contributed by atoms with Crippen molar-refractivity contribution in [3.8, 4) is 17.2 Å². The summed E-state index contributed by atoms with van der Waals surface area (Å²) in [7, 11) is 4.54. The van der Waals surface area contributed by atoms with Crippen molar-refractivity contribution < 1.29 is 19.0 Å². The van der Waals surface area contributed by atoms with Gasteiger partial charge in [0.05, 0.1) is 26.9 Å². The largest absolute Gasteiger partial charge is 0.493 e. The summed E-state index contributed by atoms with van der Waals surface area (Å²) in [5.74, 6) is 1.10. The van der Waals surface area contributed by atoms with Crippen LogP contribution in [0.15, 0.2) is 12.1 Å². The van der Waals surface area contributed by atoms with Crippen molar-refractivity contribution in [3.63, 3.8) is 0 Å². The molecule has 0 radical (unpaired) electrons. The lowest BCUT2D eigenvalue weighted by Gasteiger charge is -2.18. The van der Waals surface area contributed by atoms with E-state index < -0.39 is 0 Å². The van der Waals surface area contributed by atoms with Crippen molar-refractivity contribution in [1.82, 2.24) is 5.32 Å². The van der Waals surface area contributed by atoms with Crippen molar-refractivity contribution in [1.29, 1.82) is 0 Å². The molecule has 0 spiro atoms. The maximum absolute atomic E-state index is 12.3. The van der Waals surface area contributed by atoms with Crippen molar-refractivity contribution in [3.05, 3.63) is 17.7 Å². The highest BCUT2D eigenvalue weighted by Gasteiger charge is 2.21. The molecule has 0 aliphatic carbocycles. The number of halogens is 1. The highest BCUT2D eigenvalue weighted by molar-refractivity contribution is 9.09. The molecule has 6 heteroatoms. The van der Waals surface area contributed by atoms with Crippen LogP contribution in [0.3, 0.4) is 0 Å². The van der Waals surface area contributed by atoms with E-state index in [2.05, 4.69) is 21.2 Å². The van der Waals surface area contributed by atoms with Crippen LogP contribution in [0.5, 0.6) is 17.2 Å². The van der Waals surface area contributed by atoms with Gasteiger partial charge in [-0.3, -0.25) is 4.79 Å². The molecule has 1 N–H and O–H groups in total. The summed E-state index contributed by atoms with van der Waals surface area (Å²) >= 11 is 3.37. The zero-order chi connectivity index (χ0) is 15.1. The lowest BCUT2D eigenvalue weighted by Crippen LogP contribution is -2.35. The van der Waals surface area contributed by atoms with Gasteiger partial charge in [0.25, 0.3) is 5.91 Å². The average molecular weight is 346 g/mol. The van der Waals surface area contributed by atoms with Gasteiger partial charge in [-0.15, -0.1) is 0 Å². The number of amides is 1. The van der Waals surface area contributed by atoms with E-state index in [1.165, 1.54) is 21.3 Å². The number of methoxy groups -OCH3 is 3. The van der Waals surface area contributed by atoms with E-state index in [1.54, 1.807) is 12.1 Å². The predicted molar refractivity (Wildman–Crippen MR) is 81.4 cm³/mol. The van der Waals surface area contributed by atoms with Gasteiger partial charge in [-0.1, -0.05) is 22.9 Å². The van der Waals surface area contributed by atoms with Gasteiger partial charge in [-0.25, -0.2) is 0 Å². The van der Waals surface area contributed by atoms with E-state index >= 15 is 0 Å². The number of hydrogen-bond acceptors (Lipinski definition) is 4. The Hall–Kier alpha value is -1.43. The van der Waals surface area contributed by atoms with Crippen LogP contribution in [-0.4, -0.2) is 38.6 Å². The molecule has 0 bridgehead atoms. The van der Waals surface area contributed by atoms with E-state index in [4.69, 9.17) is 14.2 Å². The number of nitrogens with one attached hydrogen (secondary N) is 1. The highest BCUT2D eigenvalue weighted by Crippen LogP contribution is 2.39. The topological polar surface area (TPSA) is 56.8 Å². The van der Waals surface area contributed by atoms with E-state index in [-0.39, 0.29) is 11.9 Å². The van der Waals surface area contributed by atoms with Crippen molar-refractivity contribution >= 4 is 21.8 Å². The first-order valence-electron chi connectivity index (χ1n) is 6.28. The van der Waals surface area contributed by atoms with E-state index in [0.29, 0.717) is 28.1 Å². The maximum atomic E-state index is 12.3. The molecular formula is C14H20BrNO4. The Bertz CT molecular complexity index is 461. The molecule has 112 valence electrons. The van der Waals surface area contributed by atoms with Crippen LogP contribution in [0.4, 0.5) is 0 Å². The van der Waals surface area contributed by atoms with Gasteiger partial charge in [0.2, 0.25) is 5.75 Å². The quantitative estimate of drug-likeness (QED) is 0.771. The molecule has 5 nitrogen and oxygen atoms in total. The van der Waals surface area contributed by atoms with Gasteiger partial charge in [0.1, 0.15) is 0 Å². The van der Waals surface area contributed by atoms with Gasteiger partial charge in [-0.05, 0) is 18.6 Å². The normalized spacial score (nSPS) is 11.7. The molecule has 1 aromatic carbocycles. The van der Waals surface area contributed by atoms with Crippen molar-refractivity contribution in [2.45, 2.75) is 19.4 Å². The first-order valence-corrected chi connectivity index (χ1v) is 7.40. The number of hydrogen-bond donors (Lipinski definition) is 1. The second kappa shape index (κ2) is 7.99. The average Bonchev–Trinajstić information content (AvgIpc) is 2.50. The SMILES string of the molecule is CCC(CBr)NC(=O)c1ccc(OC)c(OC)c1OC. The molecule has 0 aromatic heterocycles. The Balaban J connectivity index is 3.14. The summed E-state index contributed by atoms with van der Waals surface area (Å²) < 4.78 is 15.8. The Morgan fingerprint density at radius 2 is 1.85 bits per heavy atom. The molecule has 1 atom stereocenters. The van der Waals surface area contributed by atoms with Gasteiger partial charge in [-0.2, -0.15) is 0 Å². The highest BCUT2D eigenvalue weighted by atomic mass is 79.9. The molecule has 1 unspecified atom stereocenters. The molecule has 0 heterocycles. The lowest BCUT2D eigenvalue weighted by molar-refractivity contribution is 0.0936. The molecule has 0 aliphatic heterocycles. The van der Waals surface area contributed by atoms with Crippen LogP contribution in [0.25, 0.3) is 0 Å². The summed E-state index contributed by atoms with van der Waals surface area (Å²) in [5.41, 5.74) is 0.421. The standard InChI is InChI=1S/C14H20BrNO4/c1-5-9(8-15)16-14(17)10-6-7-11(18-2)13(20-4)12(10)19-3/h6-7,9H,5,8H2,1-4H3,(H,16,17). The zero-order valence-electron chi connectivity index (χ0n) is 12.2. The summed E-state index contributed by atoms with van der Waals surface area (Å²) in [6.07, 6.45) is 0.840. The minimum Gasteiger partial charge on any atom is -0.493 e. The summed E-state index contributed by atoms with van der Waals surface area (Å²) in [5, 5.41) is 3.63. The minimum absolute atomic E-state index is 0.0697. The third kappa shape index (κ3) is 3.56. The first kappa shape index (κ1) is 16.6. The number of alkyl halides is 1. The van der Waals surface area contributed by atoms with Crippen molar-refractivity contribution in [2.24, 2.45) is 0 Å². The lowest BCUT2D eigenvalue weighted by atomic mass is 10.1. The number of rotatable bonds is 7.